The van der Waals surface area contributed by atoms with Crippen molar-refractivity contribution in [3.05, 3.63) is 52.9 Å². The SMILES string of the molecule is COc1ccc(N=C2S/C(=C\c3ccc(O[C@@H](C)C(=O)O)c(OC)c3)C(=O)N2C)cc1. The second-order valence-corrected chi connectivity index (χ2v) is 7.58. The van der Waals surface area contributed by atoms with Crippen molar-refractivity contribution >= 4 is 40.6 Å². The van der Waals surface area contributed by atoms with E-state index >= 15 is 0 Å². The number of nitrogens with zero attached hydrogens (tertiary/aromatic N) is 2. The quantitative estimate of drug-likeness (QED) is 0.652. The molecule has 31 heavy (non-hydrogen) atoms. The van der Waals surface area contributed by atoms with Crippen LogP contribution in [-0.4, -0.2) is 54.4 Å². The first-order valence-electron chi connectivity index (χ1n) is 9.30. The third kappa shape index (κ3) is 5.18. The lowest BCUT2D eigenvalue weighted by Crippen LogP contribution is -2.23. The molecule has 0 saturated carbocycles. The summed E-state index contributed by atoms with van der Waals surface area (Å²) in [6, 6.07) is 12.3. The van der Waals surface area contributed by atoms with Crippen LogP contribution < -0.4 is 14.2 Å². The fourth-order valence-corrected chi connectivity index (χ4v) is 3.67. The van der Waals surface area contributed by atoms with Gasteiger partial charge in [0.15, 0.2) is 22.8 Å². The number of aliphatic imine (C=N–C) groups is 1. The highest BCUT2D eigenvalue weighted by molar-refractivity contribution is 8.18. The van der Waals surface area contributed by atoms with Gasteiger partial charge in [-0.25, -0.2) is 9.79 Å². The van der Waals surface area contributed by atoms with Crippen LogP contribution in [-0.2, 0) is 9.59 Å². The van der Waals surface area contributed by atoms with Gasteiger partial charge in [-0.15, -0.1) is 0 Å². The number of thioether (sulfide) groups is 1. The van der Waals surface area contributed by atoms with Crippen molar-refractivity contribution in [2.24, 2.45) is 4.99 Å². The van der Waals surface area contributed by atoms with Crippen molar-refractivity contribution in [3.8, 4) is 17.2 Å². The third-order valence-corrected chi connectivity index (χ3v) is 5.50. The molecule has 8 nitrogen and oxygen atoms in total. The van der Waals surface area contributed by atoms with Gasteiger partial charge in [0.05, 0.1) is 24.8 Å². The van der Waals surface area contributed by atoms with Crippen LogP contribution in [0, 0.1) is 0 Å². The molecule has 1 N–H and O–H groups in total. The average molecular weight is 442 g/mol. The lowest BCUT2D eigenvalue weighted by molar-refractivity contribution is -0.144. The molecule has 0 spiro atoms. The highest BCUT2D eigenvalue weighted by Gasteiger charge is 2.30. The van der Waals surface area contributed by atoms with Gasteiger partial charge in [-0.2, -0.15) is 0 Å². The third-order valence-electron chi connectivity index (χ3n) is 4.44. The number of amides is 1. The van der Waals surface area contributed by atoms with E-state index in [0.717, 1.165) is 5.75 Å². The Bertz CT molecular complexity index is 1050. The van der Waals surface area contributed by atoms with Crippen LogP contribution in [0.4, 0.5) is 5.69 Å². The van der Waals surface area contributed by atoms with Crippen molar-refractivity contribution in [1.82, 2.24) is 4.90 Å². The molecule has 0 radical (unpaired) electrons. The zero-order chi connectivity index (χ0) is 22.5. The normalized spacial score (nSPS) is 17.2. The Kier molecular flexibility index (Phi) is 6.86. The molecular weight excluding hydrogens is 420 g/mol. The molecule has 0 unspecified atom stereocenters. The number of hydrogen-bond acceptors (Lipinski definition) is 7. The number of rotatable bonds is 7. The fraction of sp³-hybridized carbons (Fsp3) is 0.227. The Morgan fingerprint density at radius 3 is 2.45 bits per heavy atom. The molecule has 3 rings (SSSR count). The summed E-state index contributed by atoms with van der Waals surface area (Å²) in [5, 5.41) is 9.58. The number of carboxylic acids is 1. The van der Waals surface area contributed by atoms with Gasteiger partial charge in [0.2, 0.25) is 0 Å². The van der Waals surface area contributed by atoms with E-state index in [1.807, 2.05) is 12.1 Å². The summed E-state index contributed by atoms with van der Waals surface area (Å²) in [7, 11) is 4.73. The van der Waals surface area contributed by atoms with E-state index in [-0.39, 0.29) is 5.91 Å². The Balaban J connectivity index is 1.83. The minimum absolute atomic E-state index is 0.170. The second-order valence-electron chi connectivity index (χ2n) is 6.58. The summed E-state index contributed by atoms with van der Waals surface area (Å²) >= 11 is 1.27. The molecule has 0 aliphatic carbocycles. The number of carbonyl (C=O) groups excluding carboxylic acids is 1. The van der Waals surface area contributed by atoms with Gasteiger partial charge in [-0.3, -0.25) is 9.69 Å². The Hall–Kier alpha value is -3.46. The second kappa shape index (κ2) is 9.57. The van der Waals surface area contributed by atoms with Crippen LogP contribution in [0.2, 0.25) is 0 Å². The molecule has 2 aromatic carbocycles. The minimum atomic E-state index is -1.08. The number of benzene rings is 2. The largest absolute Gasteiger partial charge is 0.497 e. The number of methoxy groups -OCH3 is 2. The first kappa shape index (κ1) is 22.2. The Morgan fingerprint density at radius 1 is 1.13 bits per heavy atom. The zero-order valence-corrected chi connectivity index (χ0v) is 18.3. The summed E-state index contributed by atoms with van der Waals surface area (Å²) in [6.07, 6.45) is 0.711. The van der Waals surface area contributed by atoms with E-state index in [1.165, 1.54) is 30.7 Å². The van der Waals surface area contributed by atoms with Crippen molar-refractivity contribution in [2.75, 3.05) is 21.3 Å². The zero-order valence-electron chi connectivity index (χ0n) is 17.5. The van der Waals surface area contributed by atoms with Gasteiger partial charge >= 0.3 is 5.97 Å². The molecule has 1 saturated heterocycles. The van der Waals surface area contributed by atoms with E-state index in [9.17, 15) is 9.59 Å². The number of aliphatic carboxylic acids is 1. The summed E-state index contributed by atoms with van der Waals surface area (Å²) in [5.74, 6) is 0.165. The maximum absolute atomic E-state index is 12.7. The molecule has 1 aliphatic rings. The van der Waals surface area contributed by atoms with Gasteiger partial charge in [0.1, 0.15) is 5.75 Å². The first-order valence-corrected chi connectivity index (χ1v) is 10.1. The van der Waals surface area contributed by atoms with Gasteiger partial charge in [-0.05, 0) is 66.7 Å². The molecule has 0 bridgehead atoms. The maximum Gasteiger partial charge on any atom is 0.344 e. The predicted octanol–water partition coefficient (Wildman–Crippen LogP) is 3.79. The number of hydrogen-bond donors (Lipinski definition) is 1. The van der Waals surface area contributed by atoms with Crippen molar-refractivity contribution in [1.29, 1.82) is 0 Å². The van der Waals surface area contributed by atoms with Crippen molar-refractivity contribution in [3.63, 3.8) is 0 Å². The van der Waals surface area contributed by atoms with Gasteiger partial charge in [0, 0.05) is 7.05 Å². The lowest BCUT2D eigenvalue weighted by Gasteiger charge is -2.14. The first-order chi connectivity index (χ1) is 14.8. The van der Waals surface area contributed by atoms with Crippen molar-refractivity contribution < 1.29 is 28.9 Å². The standard InChI is InChI=1S/C22H22N2O6S/c1-13(21(26)27)30-17-10-5-14(11-18(17)29-4)12-19-20(25)24(2)22(31-19)23-15-6-8-16(28-3)9-7-15/h5-13H,1-4H3,(H,26,27)/b19-12-,23-22?/t13-/m0/s1. The van der Waals surface area contributed by atoms with E-state index in [4.69, 9.17) is 19.3 Å². The molecular formula is C22H22N2O6S. The maximum atomic E-state index is 12.7. The van der Waals surface area contributed by atoms with Gasteiger partial charge in [-0.1, -0.05) is 6.07 Å². The smallest absolute Gasteiger partial charge is 0.344 e. The lowest BCUT2D eigenvalue weighted by atomic mass is 10.2. The van der Waals surface area contributed by atoms with E-state index in [1.54, 1.807) is 50.6 Å². The summed E-state index contributed by atoms with van der Waals surface area (Å²) in [6.45, 7) is 1.44. The molecule has 1 aliphatic heterocycles. The summed E-state index contributed by atoms with van der Waals surface area (Å²) in [4.78, 5) is 30.2. The molecule has 1 heterocycles. The minimum Gasteiger partial charge on any atom is -0.497 e. The summed E-state index contributed by atoms with van der Waals surface area (Å²) < 4.78 is 15.9. The highest BCUT2D eigenvalue weighted by Crippen LogP contribution is 2.35. The molecule has 1 fully saturated rings. The number of carboxylic acid groups (broad SMARTS) is 1. The molecule has 0 aromatic heterocycles. The average Bonchev–Trinajstić information content (AvgIpc) is 3.02. The van der Waals surface area contributed by atoms with Crippen LogP contribution >= 0.6 is 11.8 Å². The molecule has 1 atom stereocenters. The van der Waals surface area contributed by atoms with Crippen LogP contribution in [0.15, 0.2) is 52.4 Å². The number of amidine groups is 1. The fourth-order valence-electron chi connectivity index (χ4n) is 2.68. The van der Waals surface area contributed by atoms with Crippen LogP contribution in [0.5, 0.6) is 17.2 Å². The van der Waals surface area contributed by atoms with Crippen LogP contribution in [0.25, 0.3) is 6.08 Å². The molecule has 2 aromatic rings. The molecule has 162 valence electrons. The predicted molar refractivity (Wildman–Crippen MR) is 119 cm³/mol. The number of carbonyl (C=O) groups is 2. The van der Waals surface area contributed by atoms with Crippen LogP contribution in [0.3, 0.4) is 0 Å². The Morgan fingerprint density at radius 2 is 1.84 bits per heavy atom. The van der Waals surface area contributed by atoms with Crippen LogP contribution in [0.1, 0.15) is 12.5 Å². The molecule has 9 heteroatoms. The highest BCUT2D eigenvalue weighted by atomic mass is 32.2. The van der Waals surface area contributed by atoms with E-state index in [0.29, 0.717) is 32.8 Å². The number of likely N-dealkylation sites (N-methyl/N-ethyl adjacent to an activating group) is 1. The summed E-state index contributed by atoms with van der Waals surface area (Å²) in [5.41, 5.74) is 1.42. The molecule has 1 amide bonds. The van der Waals surface area contributed by atoms with E-state index in [2.05, 4.69) is 4.99 Å². The Labute approximate surface area is 184 Å². The monoisotopic (exact) mass is 442 g/mol. The number of ether oxygens (including phenoxy) is 3. The van der Waals surface area contributed by atoms with E-state index < -0.39 is 12.1 Å². The van der Waals surface area contributed by atoms with Crippen molar-refractivity contribution in [2.45, 2.75) is 13.0 Å². The topological polar surface area (TPSA) is 97.7 Å². The van der Waals surface area contributed by atoms with Gasteiger partial charge in [0.25, 0.3) is 5.91 Å². The van der Waals surface area contributed by atoms with Gasteiger partial charge < -0.3 is 19.3 Å².